The molecule has 2 rings (SSSR count). The SMILES string of the molecule is COc1cc(C(=O)O)ccc1-c1ccc(C=O)s1. The molecule has 18 heavy (non-hydrogen) atoms. The first-order valence-electron chi connectivity index (χ1n) is 5.12. The Kier molecular flexibility index (Phi) is 3.43. The number of carboxylic acids is 1. The number of carbonyl (C=O) groups excluding carboxylic acids is 1. The van der Waals surface area contributed by atoms with Gasteiger partial charge < -0.3 is 9.84 Å². The second-order valence-corrected chi connectivity index (χ2v) is 4.66. The molecule has 0 aliphatic carbocycles. The summed E-state index contributed by atoms with van der Waals surface area (Å²) in [7, 11) is 1.48. The van der Waals surface area contributed by atoms with Gasteiger partial charge in [0, 0.05) is 10.4 Å². The molecule has 4 nitrogen and oxygen atoms in total. The quantitative estimate of drug-likeness (QED) is 0.860. The number of hydrogen-bond acceptors (Lipinski definition) is 4. The molecular weight excluding hydrogens is 252 g/mol. The highest BCUT2D eigenvalue weighted by Crippen LogP contribution is 2.35. The third-order valence-electron chi connectivity index (χ3n) is 2.46. The molecule has 0 spiro atoms. The standard InChI is InChI=1S/C13H10O4S/c1-17-11-6-8(13(15)16)2-4-10(11)12-5-3-9(7-14)18-12/h2-7H,1H3,(H,15,16). The molecule has 0 amide bonds. The molecule has 0 bridgehead atoms. The molecule has 2 aromatic rings. The van der Waals surface area contributed by atoms with Gasteiger partial charge in [-0.3, -0.25) is 4.79 Å². The van der Waals surface area contributed by atoms with Crippen molar-refractivity contribution in [1.82, 2.24) is 0 Å². The molecule has 1 N–H and O–H groups in total. The zero-order chi connectivity index (χ0) is 13.1. The monoisotopic (exact) mass is 262 g/mol. The van der Waals surface area contributed by atoms with E-state index >= 15 is 0 Å². The Morgan fingerprint density at radius 2 is 2.11 bits per heavy atom. The molecule has 0 aliphatic rings. The van der Waals surface area contributed by atoms with Crippen LogP contribution in [-0.2, 0) is 0 Å². The Morgan fingerprint density at radius 1 is 1.33 bits per heavy atom. The highest BCUT2D eigenvalue weighted by Gasteiger charge is 2.12. The van der Waals surface area contributed by atoms with Crippen LogP contribution in [0, 0.1) is 0 Å². The molecule has 1 aromatic carbocycles. The van der Waals surface area contributed by atoms with Gasteiger partial charge in [0.15, 0.2) is 6.29 Å². The molecule has 0 atom stereocenters. The number of hydrogen-bond donors (Lipinski definition) is 1. The van der Waals surface area contributed by atoms with E-state index in [1.807, 2.05) is 6.07 Å². The van der Waals surface area contributed by atoms with Crippen molar-refractivity contribution in [2.45, 2.75) is 0 Å². The van der Waals surface area contributed by atoms with E-state index < -0.39 is 5.97 Å². The second-order valence-electron chi connectivity index (χ2n) is 3.54. The Hall–Kier alpha value is -2.14. The molecule has 0 aliphatic heterocycles. The zero-order valence-electron chi connectivity index (χ0n) is 9.54. The molecule has 0 unspecified atom stereocenters. The minimum absolute atomic E-state index is 0.169. The smallest absolute Gasteiger partial charge is 0.335 e. The second kappa shape index (κ2) is 5.01. The summed E-state index contributed by atoms with van der Waals surface area (Å²) in [5.41, 5.74) is 0.948. The summed E-state index contributed by atoms with van der Waals surface area (Å²) < 4.78 is 5.19. The van der Waals surface area contributed by atoms with E-state index in [0.717, 1.165) is 16.7 Å². The summed E-state index contributed by atoms with van der Waals surface area (Å²) in [4.78, 5) is 23.0. The molecular formula is C13H10O4S. The van der Waals surface area contributed by atoms with Gasteiger partial charge >= 0.3 is 5.97 Å². The highest BCUT2D eigenvalue weighted by molar-refractivity contribution is 7.17. The Labute approximate surface area is 107 Å². The van der Waals surface area contributed by atoms with Gasteiger partial charge in [-0.1, -0.05) is 0 Å². The number of methoxy groups -OCH3 is 1. The summed E-state index contributed by atoms with van der Waals surface area (Å²) in [5.74, 6) is -0.520. The van der Waals surface area contributed by atoms with Crippen molar-refractivity contribution in [3.63, 3.8) is 0 Å². The summed E-state index contributed by atoms with van der Waals surface area (Å²) >= 11 is 1.33. The van der Waals surface area contributed by atoms with E-state index in [1.54, 1.807) is 12.1 Å². The number of aldehydes is 1. The van der Waals surface area contributed by atoms with Crippen LogP contribution in [0.1, 0.15) is 20.0 Å². The molecule has 5 heteroatoms. The number of thiophene rings is 1. The zero-order valence-corrected chi connectivity index (χ0v) is 10.4. The summed E-state index contributed by atoms with van der Waals surface area (Å²) in [5, 5.41) is 8.91. The minimum atomic E-state index is -1.00. The number of benzene rings is 1. The molecule has 0 saturated carbocycles. The van der Waals surface area contributed by atoms with E-state index in [-0.39, 0.29) is 5.56 Å². The largest absolute Gasteiger partial charge is 0.496 e. The van der Waals surface area contributed by atoms with Gasteiger partial charge in [-0.2, -0.15) is 0 Å². The summed E-state index contributed by atoms with van der Waals surface area (Å²) in [6.07, 6.45) is 0.784. The van der Waals surface area contributed by atoms with Crippen LogP contribution in [0.3, 0.4) is 0 Å². The van der Waals surface area contributed by atoms with Crippen molar-refractivity contribution >= 4 is 23.6 Å². The predicted molar refractivity (Wildman–Crippen MR) is 68.7 cm³/mol. The van der Waals surface area contributed by atoms with Gasteiger partial charge in [0.1, 0.15) is 5.75 Å². The maximum atomic E-state index is 10.9. The number of rotatable bonds is 4. The van der Waals surface area contributed by atoms with Gasteiger partial charge in [0.2, 0.25) is 0 Å². The van der Waals surface area contributed by atoms with E-state index in [4.69, 9.17) is 9.84 Å². The minimum Gasteiger partial charge on any atom is -0.496 e. The summed E-state index contributed by atoms with van der Waals surface area (Å²) in [6, 6.07) is 8.20. The first-order chi connectivity index (χ1) is 8.65. The molecule has 1 aromatic heterocycles. The van der Waals surface area contributed by atoms with Crippen molar-refractivity contribution in [3.05, 3.63) is 40.8 Å². The van der Waals surface area contributed by atoms with Gasteiger partial charge in [-0.05, 0) is 30.3 Å². The van der Waals surface area contributed by atoms with Crippen molar-refractivity contribution in [2.24, 2.45) is 0 Å². The lowest BCUT2D eigenvalue weighted by Gasteiger charge is -2.07. The maximum absolute atomic E-state index is 10.9. The van der Waals surface area contributed by atoms with Crippen LogP contribution >= 0.6 is 11.3 Å². The lowest BCUT2D eigenvalue weighted by Crippen LogP contribution is -1.97. The number of aromatic carboxylic acids is 1. The fourth-order valence-electron chi connectivity index (χ4n) is 1.59. The lowest BCUT2D eigenvalue weighted by molar-refractivity contribution is 0.0696. The van der Waals surface area contributed by atoms with Crippen LogP contribution in [0.4, 0.5) is 0 Å². The average molecular weight is 262 g/mol. The van der Waals surface area contributed by atoms with Crippen LogP contribution in [-0.4, -0.2) is 24.5 Å². The van der Waals surface area contributed by atoms with E-state index in [9.17, 15) is 9.59 Å². The van der Waals surface area contributed by atoms with Crippen LogP contribution in [0.5, 0.6) is 5.75 Å². The van der Waals surface area contributed by atoms with Crippen LogP contribution in [0.25, 0.3) is 10.4 Å². The Morgan fingerprint density at radius 3 is 2.67 bits per heavy atom. The Bertz CT molecular complexity index is 601. The van der Waals surface area contributed by atoms with Crippen LogP contribution in [0.15, 0.2) is 30.3 Å². The number of carbonyl (C=O) groups is 2. The third kappa shape index (κ3) is 2.26. The number of ether oxygens (including phenoxy) is 1. The van der Waals surface area contributed by atoms with Gasteiger partial charge in [0.05, 0.1) is 17.6 Å². The number of carboxylic acid groups (broad SMARTS) is 1. The molecule has 0 saturated heterocycles. The topological polar surface area (TPSA) is 63.6 Å². The fourth-order valence-corrected chi connectivity index (χ4v) is 2.44. The van der Waals surface area contributed by atoms with Crippen molar-refractivity contribution < 1.29 is 19.4 Å². The van der Waals surface area contributed by atoms with E-state index in [0.29, 0.717) is 10.6 Å². The predicted octanol–water partition coefficient (Wildman–Crippen LogP) is 2.93. The first-order valence-corrected chi connectivity index (χ1v) is 5.94. The molecule has 0 fully saturated rings. The van der Waals surface area contributed by atoms with Crippen molar-refractivity contribution in [3.8, 4) is 16.2 Å². The Balaban J connectivity index is 2.50. The highest BCUT2D eigenvalue weighted by atomic mass is 32.1. The third-order valence-corrected chi connectivity index (χ3v) is 3.50. The van der Waals surface area contributed by atoms with Crippen LogP contribution in [0.2, 0.25) is 0 Å². The van der Waals surface area contributed by atoms with Crippen molar-refractivity contribution in [2.75, 3.05) is 7.11 Å². The van der Waals surface area contributed by atoms with Gasteiger partial charge in [-0.15, -0.1) is 11.3 Å². The maximum Gasteiger partial charge on any atom is 0.335 e. The average Bonchev–Trinajstić information content (AvgIpc) is 2.86. The summed E-state index contributed by atoms with van der Waals surface area (Å²) in [6.45, 7) is 0. The van der Waals surface area contributed by atoms with Gasteiger partial charge in [-0.25, -0.2) is 4.79 Å². The normalized spacial score (nSPS) is 10.1. The fraction of sp³-hybridized carbons (Fsp3) is 0.0769. The van der Waals surface area contributed by atoms with Crippen molar-refractivity contribution in [1.29, 1.82) is 0 Å². The first kappa shape index (κ1) is 12.3. The molecule has 1 heterocycles. The molecule has 0 radical (unpaired) electrons. The lowest BCUT2D eigenvalue weighted by atomic mass is 10.1. The van der Waals surface area contributed by atoms with Gasteiger partial charge in [0.25, 0.3) is 0 Å². The van der Waals surface area contributed by atoms with E-state index in [1.165, 1.54) is 30.6 Å². The molecule has 92 valence electrons. The van der Waals surface area contributed by atoms with Crippen LogP contribution < -0.4 is 4.74 Å². The van der Waals surface area contributed by atoms with E-state index in [2.05, 4.69) is 0 Å².